The SMILES string of the molecule is O=C(c1cccc(-c2ccoc2)c1)N1CCC(F)(C(=O)O)C1. The molecule has 0 aliphatic carbocycles. The van der Waals surface area contributed by atoms with Crippen LogP contribution in [-0.2, 0) is 4.79 Å². The first-order valence-electron chi connectivity index (χ1n) is 6.84. The topological polar surface area (TPSA) is 70.8 Å². The summed E-state index contributed by atoms with van der Waals surface area (Å²) >= 11 is 0. The largest absolute Gasteiger partial charge is 0.479 e. The Labute approximate surface area is 126 Å². The fourth-order valence-electron chi connectivity index (χ4n) is 2.56. The van der Waals surface area contributed by atoms with Crippen molar-refractivity contribution in [3.63, 3.8) is 0 Å². The molecule has 1 saturated heterocycles. The van der Waals surface area contributed by atoms with Gasteiger partial charge in [0.15, 0.2) is 0 Å². The van der Waals surface area contributed by atoms with Gasteiger partial charge in [0.2, 0.25) is 5.67 Å². The van der Waals surface area contributed by atoms with Gasteiger partial charge >= 0.3 is 5.97 Å². The third-order valence-electron chi connectivity index (χ3n) is 3.85. The minimum absolute atomic E-state index is 0.0948. The van der Waals surface area contributed by atoms with Crippen LogP contribution in [0.3, 0.4) is 0 Å². The number of amides is 1. The second-order valence-corrected chi connectivity index (χ2v) is 5.34. The molecule has 1 unspecified atom stereocenters. The van der Waals surface area contributed by atoms with E-state index in [0.29, 0.717) is 5.56 Å². The number of carboxylic acids is 1. The summed E-state index contributed by atoms with van der Waals surface area (Å²) in [6, 6.07) is 8.65. The monoisotopic (exact) mass is 303 g/mol. The van der Waals surface area contributed by atoms with Gasteiger partial charge in [0.1, 0.15) is 0 Å². The third kappa shape index (κ3) is 2.47. The maximum absolute atomic E-state index is 14.1. The minimum Gasteiger partial charge on any atom is -0.479 e. The first-order chi connectivity index (χ1) is 10.5. The molecule has 0 spiro atoms. The Morgan fingerprint density at radius 3 is 2.73 bits per heavy atom. The van der Waals surface area contributed by atoms with E-state index in [1.54, 1.807) is 30.5 Å². The number of hydrogen-bond acceptors (Lipinski definition) is 3. The van der Waals surface area contributed by atoms with E-state index in [1.807, 2.05) is 6.07 Å². The summed E-state index contributed by atoms with van der Waals surface area (Å²) in [6.45, 7) is -0.325. The smallest absolute Gasteiger partial charge is 0.343 e. The molecular weight excluding hydrogens is 289 g/mol. The first-order valence-corrected chi connectivity index (χ1v) is 6.84. The maximum Gasteiger partial charge on any atom is 0.343 e. The molecule has 1 fully saturated rings. The summed E-state index contributed by atoms with van der Waals surface area (Å²) in [5, 5.41) is 8.89. The number of carboxylic acid groups (broad SMARTS) is 1. The van der Waals surface area contributed by atoms with Crippen molar-refractivity contribution in [1.29, 1.82) is 0 Å². The van der Waals surface area contributed by atoms with Crippen LogP contribution in [0.5, 0.6) is 0 Å². The molecule has 22 heavy (non-hydrogen) atoms. The van der Waals surface area contributed by atoms with Crippen molar-refractivity contribution in [2.24, 2.45) is 0 Å². The van der Waals surface area contributed by atoms with Crippen molar-refractivity contribution in [2.45, 2.75) is 12.1 Å². The highest BCUT2D eigenvalue weighted by Gasteiger charge is 2.46. The molecule has 3 rings (SSSR count). The average Bonchev–Trinajstić information content (AvgIpc) is 3.17. The lowest BCUT2D eigenvalue weighted by Crippen LogP contribution is -2.38. The van der Waals surface area contributed by atoms with Gasteiger partial charge in [-0.05, 0) is 23.8 Å². The molecule has 0 bridgehead atoms. The van der Waals surface area contributed by atoms with E-state index in [-0.39, 0.29) is 18.9 Å². The summed E-state index contributed by atoms with van der Waals surface area (Å²) in [6.07, 6.45) is 2.92. The van der Waals surface area contributed by atoms with Crippen LogP contribution in [0.25, 0.3) is 11.1 Å². The number of likely N-dealkylation sites (tertiary alicyclic amines) is 1. The molecular formula is C16H14FNO4. The summed E-state index contributed by atoms with van der Waals surface area (Å²) in [4.78, 5) is 24.6. The number of aliphatic carboxylic acids is 1. The molecule has 1 aliphatic rings. The summed E-state index contributed by atoms with van der Waals surface area (Å²) < 4.78 is 19.1. The Morgan fingerprint density at radius 2 is 2.09 bits per heavy atom. The van der Waals surface area contributed by atoms with Crippen LogP contribution in [0.4, 0.5) is 4.39 Å². The number of alkyl halides is 1. The molecule has 2 heterocycles. The number of furan rings is 1. The zero-order chi connectivity index (χ0) is 15.7. The number of nitrogens with zero attached hydrogens (tertiary/aromatic N) is 1. The van der Waals surface area contributed by atoms with E-state index in [2.05, 4.69) is 0 Å². The highest BCUT2D eigenvalue weighted by Crippen LogP contribution is 2.28. The molecule has 0 radical (unpaired) electrons. The van der Waals surface area contributed by atoms with Gasteiger partial charge in [0.05, 0.1) is 19.1 Å². The van der Waals surface area contributed by atoms with Gasteiger partial charge in [0, 0.05) is 24.1 Å². The predicted octanol–water partition coefficient (Wildman–Crippen LogP) is 2.59. The van der Waals surface area contributed by atoms with Crippen LogP contribution >= 0.6 is 0 Å². The van der Waals surface area contributed by atoms with E-state index >= 15 is 0 Å². The standard InChI is InChI=1S/C16H14FNO4/c17-16(15(20)21)5-6-18(10-16)14(19)12-3-1-2-11(8-12)13-4-7-22-9-13/h1-4,7-9H,5-6,10H2,(H,20,21). The van der Waals surface area contributed by atoms with E-state index in [1.165, 1.54) is 11.2 Å². The highest BCUT2D eigenvalue weighted by atomic mass is 19.1. The van der Waals surface area contributed by atoms with Gasteiger partial charge < -0.3 is 14.4 Å². The van der Waals surface area contributed by atoms with Crippen LogP contribution in [0.2, 0.25) is 0 Å². The first kappa shape index (κ1) is 14.3. The van der Waals surface area contributed by atoms with Gasteiger partial charge in [0.25, 0.3) is 5.91 Å². The van der Waals surface area contributed by atoms with Crippen LogP contribution in [-0.4, -0.2) is 40.6 Å². The zero-order valence-electron chi connectivity index (χ0n) is 11.7. The fourth-order valence-corrected chi connectivity index (χ4v) is 2.56. The molecule has 1 atom stereocenters. The molecule has 5 nitrogen and oxygen atoms in total. The van der Waals surface area contributed by atoms with Crippen molar-refractivity contribution in [3.05, 3.63) is 48.4 Å². The van der Waals surface area contributed by atoms with Crippen molar-refractivity contribution in [2.75, 3.05) is 13.1 Å². The van der Waals surface area contributed by atoms with Gasteiger partial charge in [-0.1, -0.05) is 12.1 Å². The number of benzene rings is 1. The Morgan fingerprint density at radius 1 is 1.27 bits per heavy atom. The number of hydrogen-bond donors (Lipinski definition) is 1. The molecule has 1 aliphatic heterocycles. The average molecular weight is 303 g/mol. The number of carbonyl (C=O) groups is 2. The lowest BCUT2D eigenvalue weighted by Gasteiger charge is -2.18. The Balaban J connectivity index is 1.82. The van der Waals surface area contributed by atoms with Crippen LogP contribution in [0.15, 0.2) is 47.3 Å². The van der Waals surface area contributed by atoms with Gasteiger partial charge in [-0.2, -0.15) is 0 Å². The molecule has 6 heteroatoms. The summed E-state index contributed by atoms with van der Waals surface area (Å²) in [5.41, 5.74) is -0.309. The van der Waals surface area contributed by atoms with Crippen LogP contribution in [0, 0.1) is 0 Å². The van der Waals surface area contributed by atoms with E-state index in [9.17, 15) is 14.0 Å². The lowest BCUT2D eigenvalue weighted by molar-refractivity contribution is -0.149. The quantitative estimate of drug-likeness (QED) is 0.946. The van der Waals surface area contributed by atoms with Crippen LogP contribution in [0.1, 0.15) is 16.8 Å². The Bertz CT molecular complexity index is 713. The van der Waals surface area contributed by atoms with Crippen molar-refractivity contribution in [3.8, 4) is 11.1 Å². The molecule has 0 saturated carbocycles. The number of halogens is 1. The second-order valence-electron chi connectivity index (χ2n) is 5.34. The Kier molecular flexibility index (Phi) is 3.44. The molecule has 1 N–H and O–H groups in total. The molecule has 1 aromatic heterocycles. The third-order valence-corrected chi connectivity index (χ3v) is 3.85. The molecule has 1 amide bonds. The molecule has 1 aromatic carbocycles. The van der Waals surface area contributed by atoms with E-state index in [4.69, 9.17) is 9.52 Å². The van der Waals surface area contributed by atoms with Gasteiger partial charge in [-0.15, -0.1) is 0 Å². The van der Waals surface area contributed by atoms with Gasteiger partial charge in [-0.25, -0.2) is 9.18 Å². The second kappa shape index (κ2) is 5.29. The fraction of sp³-hybridized carbons (Fsp3) is 0.250. The predicted molar refractivity (Wildman–Crippen MR) is 76.1 cm³/mol. The molecule has 114 valence electrons. The minimum atomic E-state index is -2.35. The number of carbonyl (C=O) groups excluding carboxylic acids is 1. The van der Waals surface area contributed by atoms with Crippen molar-refractivity contribution < 1.29 is 23.5 Å². The van der Waals surface area contributed by atoms with Gasteiger partial charge in [-0.3, -0.25) is 4.79 Å². The summed E-state index contributed by atoms with van der Waals surface area (Å²) in [7, 11) is 0. The maximum atomic E-state index is 14.1. The van der Waals surface area contributed by atoms with Crippen molar-refractivity contribution in [1.82, 2.24) is 4.90 Å². The van der Waals surface area contributed by atoms with Crippen molar-refractivity contribution >= 4 is 11.9 Å². The summed E-state index contributed by atoms with van der Waals surface area (Å²) in [5.74, 6) is -1.89. The lowest BCUT2D eigenvalue weighted by atomic mass is 10.1. The van der Waals surface area contributed by atoms with E-state index in [0.717, 1.165) is 11.1 Å². The zero-order valence-corrected chi connectivity index (χ0v) is 11.7. The Hall–Kier alpha value is -2.63. The highest BCUT2D eigenvalue weighted by molar-refractivity contribution is 5.96. The molecule has 2 aromatic rings. The number of rotatable bonds is 3. The normalized spacial score (nSPS) is 21.0. The van der Waals surface area contributed by atoms with Crippen LogP contribution < -0.4 is 0 Å². The van der Waals surface area contributed by atoms with E-state index < -0.39 is 18.2 Å².